The average Bonchev–Trinajstić information content (AvgIpc) is 2.67. The van der Waals surface area contributed by atoms with Gasteiger partial charge in [0, 0.05) is 17.1 Å². The molecule has 3 nitrogen and oxygen atoms in total. The van der Waals surface area contributed by atoms with E-state index in [-0.39, 0.29) is 5.91 Å². The van der Waals surface area contributed by atoms with Crippen LogP contribution in [0.25, 0.3) is 0 Å². The van der Waals surface area contributed by atoms with Crippen LogP contribution in [0.15, 0.2) is 0 Å². The first-order valence-corrected chi connectivity index (χ1v) is 8.17. The molecule has 1 amide bonds. The molecule has 1 aromatic heterocycles. The van der Waals surface area contributed by atoms with Gasteiger partial charge in [-0.25, -0.2) is 4.98 Å². The number of nitrogens with zero attached hydrogens (tertiary/aromatic N) is 1. The Bertz CT molecular complexity index is 403. The topological polar surface area (TPSA) is 42.0 Å². The molecule has 94 valence electrons. The summed E-state index contributed by atoms with van der Waals surface area (Å²) in [6.07, 6.45) is 5.98. The summed E-state index contributed by atoms with van der Waals surface area (Å²) in [5, 5.41) is 3.69. The van der Waals surface area contributed by atoms with Crippen molar-refractivity contribution in [2.45, 2.75) is 32.6 Å². The Hall–Kier alpha value is -0.550. The van der Waals surface area contributed by atoms with Gasteiger partial charge < -0.3 is 5.32 Å². The summed E-state index contributed by atoms with van der Waals surface area (Å²) >= 11 is 3.34. The number of rotatable bonds is 4. The molecule has 0 bridgehead atoms. The molecule has 17 heavy (non-hydrogen) atoms. The maximum atomic E-state index is 11.6. The first kappa shape index (κ1) is 12.9. The highest BCUT2D eigenvalue weighted by Crippen LogP contribution is 2.32. The van der Waals surface area contributed by atoms with Crippen LogP contribution in [0.2, 0.25) is 0 Å². The zero-order valence-electron chi connectivity index (χ0n) is 10.3. The van der Waals surface area contributed by atoms with Gasteiger partial charge in [0.1, 0.15) is 0 Å². The van der Waals surface area contributed by atoms with Gasteiger partial charge in [-0.05, 0) is 31.4 Å². The highest BCUT2D eigenvalue weighted by molar-refractivity contribution is 7.98. The highest BCUT2D eigenvalue weighted by atomic mass is 32.2. The molecule has 2 rings (SSSR count). The first-order chi connectivity index (χ1) is 8.19. The molecule has 1 heterocycles. The van der Waals surface area contributed by atoms with Crippen LogP contribution in [-0.2, 0) is 17.6 Å². The molecule has 0 saturated carbocycles. The molecule has 0 spiro atoms. The van der Waals surface area contributed by atoms with Gasteiger partial charge >= 0.3 is 0 Å². The van der Waals surface area contributed by atoms with Crippen molar-refractivity contribution < 1.29 is 4.79 Å². The molecule has 5 heteroatoms. The molecule has 0 fully saturated rings. The van der Waals surface area contributed by atoms with E-state index in [2.05, 4.69) is 17.2 Å². The number of thiazole rings is 1. The largest absolute Gasteiger partial charge is 0.302 e. The Labute approximate surface area is 110 Å². The number of fused-ring (bicyclic) bond motifs is 1. The lowest BCUT2D eigenvalue weighted by Gasteiger charge is -2.15. The number of aromatic nitrogens is 1. The van der Waals surface area contributed by atoms with E-state index in [1.165, 1.54) is 17.0 Å². The number of amides is 1. The predicted octanol–water partition coefficient (Wildman–Crippen LogP) is 2.96. The molecule has 1 unspecified atom stereocenters. The maximum absolute atomic E-state index is 11.6. The monoisotopic (exact) mass is 270 g/mol. The van der Waals surface area contributed by atoms with E-state index >= 15 is 0 Å². The predicted molar refractivity (Wildman–Crippen MR) is 74.9 cm³/mol. The summed E-state index contributed by atoms with van der Waals surface area (Å²) in [6, 6.07) is 0. The van der Waals surface area contributed by atoms with E-state index in [0.29, 0.717) is 6.42 Å². The summed E-state index contributed by atoms with van der Waals surface area (Å²) in [5.41, 5.74) is 1.20. The molecule has 1 aromatic rings. The second-order valence-electron chi connectivity index (χ2n) is 4.53. The number of hydrogen-bond acceptors (Lipinski definition) is 4. The number of aryl methyl sites for hydroxylation is 1. The van der Waals surface area contributed by atoms with Crippen LogP contribution in [0, 0.1) is 5.92 Å². The van der Waals surface area contributed by atoms with Gasteiger partial charge in [0.15, 0.2) is 5.13 Å². The lowest BCUT2D eigenvalue weighted by molar-refractivity contribution is -0.115. The number of thioether (sulfide) groups is 1. The molecule has 1 atom stereocenters. The smallest absolute Gasteiger partial charge is 0.226 e. The average molecular weight is 270 g/mol. The van der Waals surface area contributed by atoms with Crippen LogP contribution in [0.5, 0.6) is 0 Å². The van der Waals surface area contributed by atoms with E-state index in [0.717, 1.165) is 29.6 Å². The van der Waals surface area contributed by atoms with E-state index in [1.807, 2.05) is 6.26 Å². The van der Waals surface area contributed by atoms with E-state index in [4.69, 9.17) is 0 Å². The van der Waals surface area contributed by atoms with E-state index in [9.17, 15) is 4.79 Å². The third-order valence-corrected chi connectivity index (χ3v) is 4.61. The Morgan fingerprint density at radius 3 is 3.24 bits per heavy atom. The van der Waals surface area contributed by atoms with Crippen LogP contribution < -0.4 is 5.32 Å². The SMILES string of the molecule is CSCCC(=O)Nc1nc2c(s1)CC(C)CC2. The Kier molecular flexibility index (Phi) is 4.45. The van der Waals surface area contributed by atoms with Crippen molar-refractivity contribution in [2.24, 2.45) is 5.92 Å². The van der Waals surface area contributed by atoms with Crippen molar-refractivity contribution in [1.29, 1.82) is 0 Å². The molecule has 1 aliphatic rings. The maximum Gasteiger partial charge on any atom is 0.226 e. The minimum absolute atomic E-state index is 0.0819. The van der Waals surface area contributed by atoms with E-state index in [1.54, 1.807) is 23.1 Å². The second kappa shape index (κ2) is 5.87. The van der Waals surface area contributed by atoms with Gasteiger partial charge in [-0.2, -0.15) is 11.8 Å². The highest BCUT2D eigenvalue weighted by Gasteiger charge is 2.20. The van der Waals surface area contributed by atoms with Gasteiger partial charge in [0.05, 0.1) is 5.69 Å². The third kappa shape index (κ3) is 3.45. The summed E-state index contributed by atoms with van der Waals surface area (Å²) in [7, 11) is 0. The number of hydrogen-bond donors (Lipinski definition) is 1. The van der Waals surface area contributed by atoms with Crippen LogP contribution in [-0.4, -0.2) is 22.9 Å². The molecular weight excluding hydrogens is 252 g/mol. The minimum atomic E-state index is 0.0819. The van der Waals surface area contributed by atoms with Crippen LogP contribution in [0.3, 0.4) is 0 Å². The van der Waals surface area contributed by atoms with Gasteiger partial charge in [-0.1, -0.05) is 6.92 Å². The van der Waals surface area contributed by atoms with Gasteiger partial charge in [0.2, 0.25) is 5.91 Å². The Morgan fingerprint density at radius 1 is 1.65 bits per heavy atom. The van der Waals surface area contributed by atoms with Crippen molar-refractivity contribution >= 4 is 34.1 Å². The van der Waals surface area contributed by atoms with Crippen LogP contribution in [0.4, 0.5) is 5.13 Å². The summed E-state index contributed by atoms with van der Waals surface area (Å²) in [4.78, 5) is 17.5. The molecule has 0 aliphatic heterocycles. The molecular formula is C12H18N2OS2. The van der Waals surface area contributed by atoms with Gasteiger partial charge in [0.25, 0.3) is 0 Å². The second-order valence-corrected chi connectivity index (χ2v) is 6.60. The van der Waals surface area contributed by atoms with Gasteiger partial charge in [-0.3, -0.25) is 4.79 Å². The van der Waals surface area contributed by atoms with Crippen LogP contribution in [0.1, 0.15) is 30.3 Å². The lowest BCUT2D eigenvalue weighted by Crippen LogP contribution is -2.12. The number of carbonyl (C=O) groups excluding carboxylic acids is 1. The zero-order valence-corrected chi connectivity index (χ0v) is 11.9. The quantitative estimate of drug-likeness (QED) is 0.914. The third-order valence-electron chi connectivity index (χ3n) is 2.97. The van der Waals surface area contributed by atoms with Crippen molar-refractivity contribution in [3.63, 3.8) is 0 Å². The summed E-state index contributed by atoms with van der Waals surface area (Å²) < 4.78 is 0. The molecule has 0 aromatic carbocycles. The summed E-state index contributed by atoms with van der Waals surface area (Å²) in [6.45, 7) is 2.28. The van der Waals surface area contributed by atoms with Gasteiger partial charge in [-0.15, -0.1) is 11.3 Å². The minimum Gasteiger partial charge on any atom is -0.302 e. The lowest BCUT2D eigenvalue weighted by atomic mass is 9.93. The van der Waals surface area contributed by atoms with Crippen molar-refractivity contribution in [3.05, 3.63) is 10.6 Å². The standard InChI is InChI=1S/C12H18N2OS2/c1-8-3-4-9-10(7-8)17-12(13-9)14-11(15)5-6-16-2/h8H,3-7H2,1-2H3,(H,13,14,15). The fourth-order valence-electron chi connectivity index (χ4n) is 1.97. The van der Waals surface area contributed by atoms with E-state index < -0.39 is 0 Å². The molecule has 0 radical (unpaired) electrons. The number of nitrogens with one attached hydrogen (secondary N) is 1. The fraction of sp³-hybridized carbons (Fsp3) is 0.667. The molecule has 1 N–H and O–H groups in total. The number of anilines is 1. The fourth-order valence-corrected chi connectivity index (χ4v) is 3.55. The molecule has 1 aliphatic carbocycles. The van der Waals surface area contributed by atoms with Crippen molar-refractivity contribution in [3.8, 4) is 0 Å². The Balaban J connectivity index is 1.96. The Morgan fingerprint density at radius 2 is 2.47 bits per heavy atom. The zero-order chi connectivity index (χ0) is 12.3. The molecule has 0 saturated heterocycles. The number of carbonyl (C=O) groups is 1. The first-order valence-electron chi connectivity index (χ1n) is 5.96. The summed E-state index contributed by atoms with van der Waals surface area (Å²) in [5.74, 6) is 1.70. The van der Waals surface area contributed by atoms with Crippen LogP contribution >= 0.6 is 23.1 Å². The van der Waals surface area contributed by atoms with Crippen molar-refractivity contribution in [1.82, 2.24) is 4.98 Å². The normalized spacial score (nSPS) is 18.8. The van der Waals surface area contributed by atoms with Crippen molar-refractivity contribution in [2.75, 3.05) is 17.3 Å².